The Balaban J connectivity index is 1.65. The Labute approximate surface area is 149 Å². The maximum atomic E-state index is 15.3. The second-order valence-electron chi connectivity index (χ2n) is 9.24. The minimum Gasteiger partial charge on any atom is -0.462 e. The Kier molecular flexibility index (Phi) is 3.90. The van der Waals surface area contributed by atoms with E-state index in [4.69, 9.17) is 4.74 Å². The predicted molar refractivity (Wildman–Crippen MR) is 92.5 cm³/mol. The lowest BCUT2D eigenvalue weighted by Crippen LogP contribution is -2.54. The maximum absolute atomic E-state index is 15.3. The van der Waals surface area contributed by atoms with Gasteiger partial charge in [0.25, 0.3) is 0 Å². The van der Waals surface area contributed by atoms with Gasteiger partial charge in [0.1, 0.15) is 18.1 Å². The Morgan fingerprint density at radius 2 is 1.84 bits per heavy atom. The van der Waals surface area contributed by atoms with Gasteiger partial charge in [-0.1, -0.05) is 25.5 Å². The highest BCUT2D eigenvalue weighted by molar-refractivity contribution is 5.87. The lowest BCUT2D eigenvalue weighted by molar-refractivity contribution is -0.149. The molecular weight excluding hydrogens is 319 g/mol. The Bertz CT molecular complexity index is 641. The zero-order valence-corrected chi connectivity index (χ0v) is 15.5. The van der Waals surface area contributed by atoms with Crippen LogP contribution in [0.2, 0.25) is 0 Å². The minimum atomic E-state index is -0.973. The standard InChI is InChI=1S/C21H29FO3/c1-12(23)25-14-6-8-20(2)13(10-14)11-17(22)19-15-4-5-18(24)21(15,3)9-7-16(19)20/h11,14-17,19H,4-10H2,1-3H3/t14-,15?,16?,17+,19?,20-,21-/m0/s1. The Morgan fingerprint density at radius 1 is 1.16 bits per heavy atom. The zero-order chi connectivity index (χ0) is 18.0. The van der Waals surface area contributed by atoms with Gasteiger partial charge in [-0.15, -0.1) is 0 Å². The normalized spacial score (nSPS) is 48.9. The van der Waals surface area contributed by atoms with Gasteiger partial charge in [-0.05, 0) is 49.4 Å². The molecular formula is C21H29FO3. The topological polar surface area (TPSA) is 43.4 Å². The molecule has 25 heavy (non-hydrogen) atoms. The van der Waals surface area contributed by atoms with E-state index in [1.807, 2.05) is 6.08 Å². The molecule has 0 aromatic carbocycles. The number of allylic oxidation sites excluding steroid dienone is 1. The SMILES string of the molecule is CC(=O)O[C@H]1CC[C@@]2(C)C(=C[C@@H](F)C3C2CC[C@]2(C)C(=O)CCC32)C1. The van der Waals surface area contributed by atoms with Crippen LogP contribution in [0.3, 0.4) is 0 Å². The van der Waals surface area contributed by atoms with Crippen LogP contribution in [0.5, 0.6) is 0 Å². The molecule has 0 amide bonds. The summed E-state index contributed by atoms with van der Waals surface area (Å²) >= 11 is 0. The molecule has 4 heteroatoms. The summed E-state index contributed by atoms with van der Waals surface area (Å²) in [5, 5.41) is 0. The summed E-state index contributed by atoms with van der Waals surface area (Å²) in [7, 11) is 0. The average molecular weight is 348 g/mol. The molecule has 0 aliphatic heterocycles. The monoisotopic (exact) mass is 348 g/mol. The first-order chi connectivity index (χ1) is 11.8. The molecule has 3 nitrogen and oxygen atoms in total. The number of fused-ring (bicyclic) bond motifs is 5. The van der Waals surface area contributed by atoms with Gasteiger partial charge in [-0.25, -0.2) is 4.39 Å². The van der Waals surface area contributed by atoms with Crippen molar-refractivity contribution in [2.75, 3.05) is 0 Å². The molecule has 0 spiro atoms. The first-order valence-corrected chi connectivity index (χ1v) is 9.81. The van der Waals surface area contributed by atoms with Crippen LogP contribution in [0.1, 0.15) is 65.7 Å². The summed E-state index contributed by atoms with van der Waals surface area (Å²) in [5.41, 5.74) is 0.839. The third-order valence-corrected chi connectivity index (χ3v) is 8.09. The van der Waals surface area contributed by atoms with Crippen molar-refractivity contribution in [3.63, 3.8) is 0 Å². The Morgan fingerprint density at radius 3 is 2.56 bits per heavy atom. The van der Waals surface area contributed by atoms with Gasteiger partial charge >= 0.3 is 5.97 Å². The summed E-state index contributed by atoms with van der Waals surface area (Å²) < 4.78 is 20.7. The summed E-state index contributed by atoms with van der Waals surface area (Å²) in [6, 6.07) is 0. The highest BCUT2D eigenvalue weighted by Gasteiger charge is 2.61. The fraction of sp³-hybridized carbons (Fsp3) is 0.810. The van der Waals surface area contributed by atoms with Gasteiger partial charge in [0.2, 0.25) is 0 Å². The van der Waals surface area contributed by atoms with Crippen molar-refractivity contribution in [1.29, 1.82) is 0 Å². The molecule has 3 saturated carbocycles. The van der Waals surface area contributed by atoms with E-state index in [1.165, 1.54) is 6.92 Å². The van der Waals surface area contributed by atoms with Crippen LogP contribution >= 0.6 is 0 Å². The summed E-state index contributed by atoms with van der Waals surface area (Å²) in [6.45, 7) is 5.80. The van der Waals surface area contributed by atoms with Gasteiger partial charge in [-0.3, -0.25) is 9.59 Å². The summed E-state index contributed by atoms with van der Waals surface area (Å²) in [6.07, 6.45) is 6.53. The third kappa shape index (κ3) is 2.43. The van der Waals surface area contributed by atoms with Crippen molar-refractivity contribution < 1.29 is 18.7 Å². The van der Waals surface area contributed by atoms with Crippen LogP contribution in [-0.2, 0) is 14.3 Å². The molecule has 0 saturated heterocycles. The van der Waals surface area contributed by atoms with Crippen LogP contribution in [0.4, 0.5) is 4.39 Å². The first kappa shape index (κ1) is 17.2. The number of ether oxygens (including phenoxy) is 1. The minimum absolute atomic E-state index is 0.00310. The van der Waals surface area contributed by atoms with Crippen molar-refractivity contribution in [3.8, 4) is 0 Å². The van der Waals surface area contributed by atoms with Gasteiger partial charge in [0.15, 0.2) is 0 Å². The number of hydrogen-bond acceptors (Lipinski definition) is 3. The van der Waals surface area contributed by atoms with Crippen LogP contribution in [0.25, 0.3) is 0 Å². The van der Waals surface area contributed by atoms with Crippen LogP contribution in [-0.4, -0.2) is 24.0 Å². The third-order valence-electron chi connectivity index (χ3n) is 8.09. The van der Waals surface area contributed by atoms with Crippen molar-refractivity contribution in [2.45, 2.75) is 78.0 Å². The fourth-order valence-corrected chi connectivity index (χ4v) is 6.68. The van der Waals surface area contributed by atoms with E-state index in [0.717, 1.165) is 37.7 Å². The van der Waals surface area contributed by atoms with Crippen LogP contribution < -0.4 is 0 Å². The number of Topliss-reactive ketones (excluding diaryl/α,β-unsaturated/α-hetero) is 1. The van der Waals surface area contributed by atoms with E-state index in [2.05, 4.69) is 13.8 Å². The predicted octanol–water partition coefficient (Wildman–Crippen LogP) is 4.40. The van der Waals surface area contributed by atoms with Crippen molar-refractivity contribution >= 4 is 11.8 Å². The average Bonchev–Trinajstić information content (AvgIpc) is 2.84. The summed E-state index contributed by atoms with van der Waals surface area (Å²) in [5.74, 6) is 0.572. The van der Waals surface area contributed by atoms with Crippen LogP contribution in [0.15, 0.2) is 11.6 Å². The molecule has 0 aromatic heterocycles. The fourth-order valence-electron chi connectivity index (χ4n) is 6.68. The van der Waals surface area contributed by atoms with Gasteiger partial charge in [-0.2, -0.15) is 0 Å². The largest absolute Gasteiger partial charge is 0.462 e. The highest BCUT2D eigenvalue weighted by Crippen LogP contribution is 2.64. The van der Waals surface area contributed by atoms with E-state index in [0.29, 0.717) is 24.5 Å². The van der Waals surface area contributed by atoms with Crippen molar-refractivity contribution in [1.82, 2.24) is 0 Å². The molecule has 0 radical (unpaired) electrons. The lowest BCUT2D eigenvalue weighted by atomic mass is 9.47. The number of carbonyl (C=O) groups is 2. The molecule has 4 aliphatic rings. The van der Waals surface area contributed by atoms with E-state index in [1.54, 1.807) is 0 Å². The number of carbonyl (C=O) groups excluding carboxylic acids is 2. The summed E-state index contributed by atoms with van der Waals surface area (Å²) in [4.78, 5) is 23.7. The van der Waals surface area contributed by atoms with E-state index in [9.17, 15) is 9.59 Å². The molecule has 4 rings (SSSR count). The van der Waals surface area contributed by atoms with E-state index >= 15 is 4.39 Å². The first-order valence-electron chi connectivity index (χ1n) is 9.81. The molecule has 0 aromatic rings. The Hall–Kier alpha value is -1.19. The lowest BCUT2D eigenvalue weighted by Gasteiger charge is -2.57. The molecule has 3 fully saturated rings. The van der Waals surface area contributed by atoms with Crippen molar-refractivity contribution in [3.05, 3.63) is 11.6 Å². The highest BCUT2D eigenvalue weighted by atomic mass is 19.1. The number of esters is 1. The molecule has 138 valence electrons. The second kappa shape index (κ2) is 5.65. The molecule has 0 N–H and O–H groups in total. The zero-order valence-electron chi connectivity index (χ0n) is 15.5. The van der Waals surface area contributed by atoms with Crippen molar-refractivity contribution in [2.24, 2.45) is 28.6 Å². The second-order valence-corrected chi connectivity index (χ2v) is 9.24. The maximum Gasteiger partial charge on any atom is 0.302 e. The number of rotatable bonds is 1. The quantitative estimate of drug-likeness (QED) is 0.521. The molecule has 0 bridgehead atoms. The van der Waals surface area contributed by atoms with E-state index < -0.39 is 6.17 Å². The molecule has 0 heterocycles. The number of alkyl halides is 1. The number of hydrogen-bond donors (Lipinski definition) is 0. The van der Waals surface area contributed by atoms with Crippen LogP contribution in [0, 0.1) is 28.6 Å². The number of ketones is 1. The molecule has 3 unspecified atom stereocenters. The number of halogens is 1. The molecule has 7 atom stereocenters. The van der Waals surface area contributed by atoms with Gasteiger partial charge < -0.3 is 4.74 Å². The smallest absolute Gasteiger partial charge is 0.302 e. The van der Waals surface area contributed by atoms with Gasteiger partial charge in [0.05, 0.1) is 0 Å². The van der Waals surface area contributed by atoms with E-state index in [-0.39, 0.29) is 34.7 Å². The van der Waals surface area contributed by atoms with Gasteiger partial charge in [0, 0.05) is 31.1 Å². The molecule has 4 aliphatic carbocycles.